The first-order chi connectivity index (χ1) is 12.0. The molecule has 2 heterocycles. The summed E-state index contributed by atoms with van der Waals surface area (Å²) in [5, 5.41) is 4.34. The number of nitrogens with zero attached hydrogens (tertiary/aromatic N) is 1. The third-order valence-electron chi connectivity index (χ3n) is 5.20. The Morgan fingerprint density at radius 3 is 3.00 bits per heavy atom. The van der Waals surface area contributed by atoms with Crippen molar-refractivity contribution in [2.45, 2.75) is 57.1 Å². The summed E-state index contributed by atoms with van der Waals surface area (Å²) >= 11 is 2.95. The van der Waals surface area contributed by atoms with Crippen LogP contribution in [0.2, 0.25) is 0 Å². The lowest BCUT2D eigenvalue weighted by atomic mass is 9.89. The number of hydrogen-bond acceptors (Lipinski definition) is 5. The van der Waals surface area contributed by atoms with Crippen LogP contribution in [0, 0.1) is 11.8 Å². The van der Waals surface area contributed by atoms with E-state index < -0.39 is 0 Å². The van der Waals surface area contributed by atoms with Crippen molar-refractivity contribution in [1.82, 2.24) is 15.3 Å². The SMILES string of the molecule is C[C@@H]1CCc2c(sc3nc(SCC(=O)N[C@@H](C)C4CC4)[nH]c(=O)c23)C1. The Balaban J connectivity index is 1.49. The Kier molecular flexibility index (Phi) is 4.62. The number of carbonyl (C=O) groups is 1. The number of aromatic amines is 1. The van der Waals surface area contributed by atoms with E-state index in [1.807, 2.05) is 0 Å². The maximum absolute atomic E-state index is 12.5. The third kappa shape index (κ3) is 3.62. The highest BCUT2D eigenvalue weighted by Crippen LogP contribution is 2.36. The molecule has 0 radical (unpaired) electrons. The summed E-state index contributed by atoms with van der Waals surface area (Å²) in [6.45, 7) is 4.32. The summed E-state index contributed by atoms with van der Waals surface area (Å²) in [5.74, 6) is 1.60. The van der Waals surface area contributed by atoms with E-state index in [1.165, 1.54) is 35.0 Å². The van der Waals surface area contributed by atoms with Gasteiger partial charge in [-0.25, -0.2) is 4.98 Å². The number of thiophene rings is 1. The van der Waals surface area contributed by atoms with Gasteiger partial charge < -0.3 is 10.3 Å². The van der Waals surface area contributed by atoms with Gasteiger partial charge in [0.25, 0.3) is 5.56 Å². The van der Waals surface area contributed by atoms with Crippen molar-refractivity contribution in [2.75, 3.05) is 5.75 Å². The maximum Gasteiger partial charge on any atom is 0.260 e. The molecule has 25 heavy (non-hydrogen) atoms. The number of fused-ring (bicyclic) bond motifs is 3. The van der Waals surface area contributed by atoms with Gasteiger partial charge >= 0.3 is 0 Å². The average Bonchev–Trinajstić information content (AvgIpc) is 3.34. The topological polar surface area (TPSA) is 74.8 Å². The minimum atomic E-state index is -0.0636. The van der Waals surface area contributed by atoms with Crippen LogP contribution in [0.25, 0.3) is 10.2 Å². The van der Waals surface area contributed by atoms with Crippen LogP contribution >= 0.6 is 23.1 Å². The second-order valence-electron chi connectivity index (χ2n) is 7.39. The summed E-state index contributed by atoms with van der Waals surface area (Å²) in [6, 6.07) is 0.244. The molecule has 2 N–H and O–H groups in total. The van der Waals surface area contributed by atoms with E-state index in [1.54, 1.807) is 11.3 Å². The van der Waals surface area contributed by atoms with Crippen LogP contribution in [0.3, 0.4) is 0 Å². The van der Waals surface area contributed by atoms with Crippen molar-refractivity contribution >= 4 is 39.2 Å². The molecule has 1 saturated carbocycles. The molecule has 0 aliphatic heterocycles. The summed E-state index contributed by atoms with van der Waals surface area (Å²) in [6.07, 6.45) is 5.56. The fourth-order valence-corrected chi connectivity index (χ4v) is 5.65. The quantitative estimate of drug-likeness (QED) is 0.620. The Morgan fingerprint density at radius 1 is 1.44 bits per heavy atom. The molecular formula is C18H23N3O2S2. The molecule has 4 rings (SSSR count). The van der Waals surface area contributed by atoms with Gasteiger partial charge in [-0.1, -0.05) is 18.7 Å². The first-order valence-electron chi connectivity index (χ1n) is 8.98. The zero-order valence-electron chi connectivity index (χ0n) is 14.6. The first kappa shape index (κ1) is 17.1. The Morgan fingerprint density at radius 2 is 2.24 bits per heavy atom. The molecule has 2 aliphatic rings. The second-order valence-corrected chi connectivity index (χ2v) is 9.43. The number of nitrogens with one attached hydrogen (secondary N) is 2. The lowest BCUT2D eigenvalue weighted by Crippen LogP contribution is -2.35. The molecule has 2 aromatic rings. The van der Waals surface area contributed by atoms with Crippen LogP contribution < -0.4 is 10.9 Å². The number of aromatic nitrogens is 2. The predicted octanol–water partition coefficient (Wildman–Crippen LogP) is 3.12. The Labute approximate surface area is 155 Å². The lowest BCUT2D eigenvalue weighted by Gasteiger charge is -2.17. The monoisotopic (exact) mass is 377 g/mol. The van der Waals surface area contributed by atoms with E-state index in [4.69, 9.17) is 0 Å². The average molecular weight is 378 g/mol. The van der Waals surface area contributed by atoms with Crippen molar-refractivity contribution in [1.29, 1.82) is 0 Å². The number of carbonyl (C=O) groups excluding carboxylic acids is 1. The van der Waals surface area contributed by atoms with Gasteiger partial charge in [0, 0.05) is 10.9 Å². The number of hydrogen-bond donors (Lipinski definition) is 2. The summed E-state index contributed by atoms with van der Waals surface area (Å²) in [5.41, 5.74) is 1.13. The summed E-state index contributed by atoms with van der Waals surface area (Å²) in [7, 11) is 0. The molecule has 7 heteroatoms. The molecule has 2 aliphatic carbocycles. The molecule has 0 unspecified atom stereocenters. The van der Waals surface area contributed by atoms with Gasteiger partial charge in [-0.15, -0.1) is 11.3 Å². The molecule has 2 aromatic heterocycles. The van der Waals surface area contributed by atoms with E-state index >= 15 is 0 Å². The molecule has 0 bridgehead atoms. The number of amides is 1. The summed E-state index contributed by atoms with van der Waals surface area (Å²) < 4.78 is 0. The predicted molar refractivity (Wildman–Crippen MR) is 102 cm³/mol. The van der Waals surface area contributed by atoms with Gasteiger partial charge in [0.2, 0.25) is 5.91 Å². The Hall–Kier alpha value is -1.34. The van der Waals surface area contributed by atoms with Crippen LogP contribution in [-0.4, -0.2) is 27.7 Å². The van der Waals surface area contributed by atoms with Crippen LogP contribution in [-0.2, 0) is 17.6 Å². The van der Waals surface area contributed by atoms with Crippen LogP contribution in [0.15, 0.2) is 9.95 Å². The van der Waals surface area contributed by atoms with Gasteiger partial charge in [0.05, 0.1) is 11.1 Å². The van der Waals surface area contributed by atoms with E-state index in [-0.39, 0.29) is 23.3 Å². The van der Waals surface area contributed by atoms with Crippen molar-refractivity contribution in [3.05, 3.63) is 20.8 Å². The fraction of sp³-hybridized carbons (Fsp3) is 0.611. The molecule has 0 aromatic carbocycles. The minimum Gasteiger partial charge on any atom is -0.353 e. The third-order valence-corrected chi connectivity index (χ3v) is 7.22. The molecular weight excluding hydrogens is 354 g/mol. The van der Waals surface area contributed by atoms with Crippen molar-refractivity contribution in [3.8, 4) is 0 Å². The zero-order valence-corrected chi connectivity index (χ0v) is 16.2. The molecule has 1 fully saturated rings. The standard InChI is InChI=1S/C18H23N3O2S2/c1-9-3-6-12-13(7-9)25-17-15(12)16(23)20-18(21-17)24-8-14(22)19-10(2)11-4-5-11/h9-11H,3-8H2,1-2H3,(H,19,22)(H,20,21,23)/t9-,10+/m1/s1. The number of thioether (sulfide) groups is 1. The molecule has 0 spiro atoms. The largest absolute Gasteiger partial charge is 0.353 e. The normalized spacial score (nSPS) is 21.1. The first-order valence-corrected chi connectivity index (χ1v) is 10.8. The van der Waals surface area contributed by atoms with Crippen molar-refractivity contribution in [3.63, 3.8) is 0 Å². The van der Waals surface area contributed by atoms with E-state index in [0.717, 1.165) is 29.5 Å². The molecule has 1 amide bonds. The number of aryl methyl sites for hydroxylation is 1. The fourth-order valence-electron chi connectivity index (χ4n) is 3.54. The highest BCUT2D eigenvalue weighted by Gasteiger charge is 2.29. The number of rotatable bonds is 5. The van der Waals surface area contributed by atoms with Crippen LogP contribution in [0.1, 0.15) is 43.6 Å². The van der Waals surface area contributed by atoms with E-state index in [2.05, 4.69) is 29.1 Å². The highest BCUT2D eigenvalue weighted by atomic mass is 32.2. The molecule has 5 nitrogen and oxygen atoms in total. The molecule has 134 valence electrons. The van der Waals surface area contributed by atoms with Crippen LogP contribution in [0.4, 0.5) is 0 Å². The smallest absolute Gasteiger partial charge is 0.260 e. The second kappa shape index (κ2) is 6.76. The molecule has 2 atom stereocenters. The van der Waals surface area contributed by atoms with Crippen molar-refractivity contribution < 1.29 is 4.79 Å². The van der Waals surface area contributed by atoms with Gasteiger partial charge in [-0.2, -0.15) is 0 Å². The van der Waals surface area contributed by atoms with E-state index in [0.29, 0.717) is 17.0 Å². The molecule has 0 saturated heterocycles. The van der Waals surface area contributed by atoms with Crippen molar-refractivity contribution in [2.24, 2.45) is 11.8 Å². The summed E-state index contributed by atoms with van der Waals surface area (Å²) in [4.78, 5) is 34.2. The minimum absolute atomic E-state index is 0.00597. The van der Waals surface area contributed by atoms with Gasteiger partial charge in [-0.05, 0) is 56.4 Å². The maximum atomic E-state index is 12.5. The Bertz CT molecular complexity index is 869. The number of H-pyrrole nitrogens is 1. The highest BCUT2D eigenvalue weighted by molar-refractivity contribution is 7.99. The lowest BCUT2D eigenvalue weighted by molar-refractivity contribution is -0.119. The van der Waals surface area contributed by atoms with Gasteiger partial charge in [0.15, 0.2) is 5.16 Å². The van der Waals surface area contributed by atoms with Crippen LogP contribution in [0.5, 0.6) is 0 Å². The van der Waals surface area contributed by atoms with Gasteiger partial charge in [0.1, 0.15) is 4.83 Å². The van der Waals surface area contributed by atoms with E-state index in [9.17, 15) is 9.59 Å². The van der Waals surface area contributed by atoms with Gasteiger partial charge in [-0.3, -0.25) is 9.59 Å². The zero-order chi connectivity index (χ0) is 17.6.